The minimum absolute atomic E-state index is 0.500. The van der Waals surface area contributed by atoms with Gasteiger partial charge in [0.05, 0.1) is 0 Å². The van der Waals surface area contributed by atoms with E-state index >= 15 is 0 Å². The molecular formula is C5H8N4O3S. The monoisotopic (exact) mass is 204 g/mol. The van der Waals surface area contributed by atoms with Crippen LogP contribution in [0.25, 0.3) is 6.20 Å². The minimum atomic E-state index is -3.25. The summed E-state index contributed by atoms with van der Waals surface area (Å²) in [6.45, 7) is 0. The molecule has 0 saturated heterocycles. The smallest absolute Gasteiger partial charge is 0.244 e. The summed E-state index contributed by atoms with van der Waals surface area (Å²) in [5, 5.41) is 7.65. The zero-order valence-electron chi connectivity index (χ0n) is 7.08. The van der Waals surface area contributed by atoms with Gasteiger partial charge < -0.3 is 0 Å². The molecule has 0 N–H and O–H groups in total. The van der Waals surface area contributed by atoms with E-state index in [-0.39, 0.29) is 0 Å². The molecule has 8 heteroatoms. The van der Waals surface area contributed by atoms with Crippen LogP contribution >= 0.6 is 0 Å². The summed E-state index contributed by atoms with van der Waals surface area (Å²) < 4.78 is 23.2. The van der Waals surface area contributed by atoms with E-state index in [0.717, 1.165) is 27.2 Å². The molecule has 0 aliphatic heterocycles. The van der Waals surface area contributed by atoms with Crippen LogP contribution in [0.4, 0.5) is 0 Å². The van der Waals surface area contributed by atoms with Gasteiger partial charge in [-0.15, -0.1) is 0 Å². The van der Waals surface area contributed by atoms with E-state index in [1.807, 2.05) is 0 Å². The van der Waals surface area contributed by atoms with Crippen molar-refractivity contribution in [3.63, 3.8) is 0 Å². The number of tetrazole rings is 1. The van der Waals surface area contributed by atoms with Crippen molar-refractivity contribution in [3.05, 3.63) is 15.9 Å². The molecule has 1 rings (SSSR count). The van der Waals surface area contributed by atoms with Gasteiger partial charge in [-0.1, -0.05) is 0 Å². The summed E-state index contributed by atoms with van der Waals surface area (Å²) in [6, 6.07) is 0. The molecule has 72 valence electrons. The molecule has 13 heavy (non-hydrogen) atoms. The van der Waals surface area contributed by atoms with E-state index < -0.39 is 15.5 Å². The fourth-order valence-electron chi connectivity index (χ4n) is 0.590. The molecule has 1 heterocycles. The van der Waals surface area contributed by atoms with Gasteiger partial charge in [0, 0.05) is 24.9 Å². The van der Waals surface area contributed by atoms with Crippen LogP contribution in [0.2, 0.25) is 0 Å². The molecule has 0 saturated carbocycles. The van der Waals surface area contributed by atoms with Crippen LogP contribution in [-0.4, -0.2) is 34.5 Å². The first-order valence-electron chi connectivity index (χ1n) is 3.27. The molecule has 0 aromatic carbocycles. The van der Waals surface area contributed by atoms with E-state index in [2.05, 4.69) is 10.4 Å². The molecule has 0 unspecified atom stereocenters. The second-order valence-corrected chi connectivity index (χ2v) is 4.38. The van der Waals surface area contributed by atoms with E-state index in [4.69, 9.17) is 0 Å². The molecule has 0 atom stereocenters. The molecule has 0 aliphatic carbocycles. The Labute approximate surface area is 74.2 Å². The number of hydrogen-bond acceptors (Lipinski definition) is 5. The number of aryl methyl sites for hydroxylation is 1. The third-order valence-electron chi connectivity index (χ3n) is 1.19. The summed E-state index contributed by atoms with van der Waals surface area (Å²) in [5.74, 6) is 0. The fraction of sp³-hybridized carbons (Fsp3) is 0.400. The van der Waals surface area contributed by atoms with Crippen molar-refractivity contribution in [3.8, 4) is 0 Å². The lowest BCUT2D eigenvalue weighted by Gasteiger charge is -1.85. The predicted octanol–water partition coefficient (Wildman–Crippen LogP) is -1.55. The van der Waals surface area contributed by atoms with Gasteiger partial charge in [-0.05, 0) is 10.4 Å². The second-order valence-electron chi connectivity index (χ2n) is 2.44. The maximum absolute atomic E-state index is 11.0. The van der Waals surface area contributed by atoms with Gasteiger partial charge in [-0.25, -0.2) is 13.2 Å². The summed E-state index contributed by atoms with van der Waals surface area (Å²) in [7, 11) is -1.83. The van der Waals surface area contributed by atoms with Crippen molar-refractivity contribution in [2.45, 2.75) is 0 Å². The Bertz CT molecular complexity index is 480. The lowest BCUT2D eigenvalue weighted by molar-refractivity contribution is 0.610. The molecule has 0 radical (unpaired) electrons. The topological polar surface area (TPSA) is 86.8 Å². The highest BCUT2D eigenvalue weighted by Gasteiger charge is 1.99. The quantitative estimate of drug-likeness (QED) is 0.582. The van der Waals surface area contributed by atoms with Crippen molar-refractivity contribution in [1.82, 2.24) is 19.8 Å². The Morgan fingerprint density at radius 3 is 2.38 bits per heavy atom. The van der Waals surface area contributed by atoms with Gasteiger partial charge in [0.1, 0.15) is 0 Å². The zero-order chi connectivity index (χ0) is 10.1. The maximum Gasteiger partial charge on any atom is 0.367 e. The second kappa shape index (κ2) is 3.13. The zero-order valence-corrected chi connectivity index (χ0v) is 7.89. The van der Waals surface area contributed by atoms with Crippen LogP contribution in [0.5, 0.6) is 0 Å². The summed E-state index contributed by atoms with van der Waals surface area (Å²) in [4.78, 5) is 11.0. The first-order valence-corrected chi connectivity index (χ1v) is 5.22. The average Bonchev–Trinajstić information content (AvgIpc) is 2.29. The Morgan fingerprint density at radius 2 is 2.00 bits per heavy atom. The van der Waals surface area contributed by atoms with Crippen LogP contribution < -0.4 is 5.69 Å². The summed E-state index contributed by atoms with van der Waals surface area (Å²) >= 11 is 0. The van der Waals surface area contributed by atoms with Gasteiger partial charge in [-0.3, -0.25) is 0 Å². The third kappa shape index (κ3) is 2.51. The lowest BCUT2D eigenvalue weighted by atomic mass is 11.0. The largest absolute Gasteiger partial charge is 0.367 e. The Kier molecular flexibility index (Phi) is 2.32. The molecule has 7 nitrogen and oxygen atoms in total. The number of rotatable bonds is 2. The molecule has 0 aliphatic rings. The van der Waals surface area contributed by atoms with E-state index in [0.29, 0.717) is 0 Å². The first kappa shape index (κ1) is 9.65. The summed E-state index contributed by atoms with van der Waals surface area (Å²) in [5.41, 5.74) is -0.500. The summed E-state index contributed by atoms with van der Waals surface area (Å²) in [6.07, 6.45) is 2.07. The number of hydrogen-bond donors (Lipinski definition) is 0. The normalized spacial score (nSPS) is 12.5. The van der Waals surface area contributed by atoms with Gasteiger partial charge in [-0.2, -0.15) is 9.36 Å². The first-order chi connectivity index (χ1) is 5.90. The van der Waals surface area contributed by atoms with Crippen LogP contribution in [-0.2, 0) is 16.9 Å². The van der Waals surface area contributed by atoms with Gasteiger partial charge in [0.15, 0.2) is 9.84 Å². The van der Waals surface area contributed by atoms with Crippen LogP contribution in [0, 0.1) is 0 Å². The Balaban J connectivity index is 3.07. The molecule has 0 spiro atoms. The van der Waals surface area contributed by atoms with Crippen LogP contribution in [0.1, 0.15) is 0 Å². The molecular weight excluding hydrogens is 196 g/mol. The fourth-order valence-corrected chi connectivity index (χ4v) is 0.926. The van der Waals surface area contributed by atoms with Crippen molar-refractivity contribution in [2.24, 2.45) is 7.05 Å². The highest BCUT2D eigenvalue weighted by molar-refractivity contribution is 7.93. The van der Waals surface area contributed by atoms with Crippen LogP contribution in [0.15, 0.2) is 10.2 Å². The van der Waals surface area contributed by atoms with Crippen molar-refractivity contribution < 1.29 is 8.42 Å². The van der Waals surface area contributed by atoms with Gasteiger partial charge in [0.25, 0.3) is 0 Å². The minimum Gasteiger partial charge on any atom is -0.244 e. The maximum atomic E-state index is 11.0. The molecule has 1 aromatic heterocycles. The predicted molar refractivity (Wildman–Crippen MR) is 45.4 cm³/mol. The number of sulfone groups is 1. The average molecular weight is 204 g/mol. The SMILES string of the molecule is Cn1nnn(/C=C/S(C)(=O)=O)c1=O. The molecule has 0 fully saturated rings. The highest BCUT2D eigenvalue weighted by Crippen LogP contribution is 1.85. The van der Waals surface area contributed by atoms with Gasteiger partial charge >= 0.3 is 5.69 Å². The highest BCUT2D eigenvalue weighted by atomic mass is 32.2. The molecule has 1 aromatic rings. The van der Waals surface area contributed by atoms with E-state index in [9.17, 15) is 13.2 Å². The Hall–Kier alpha value is -1.44. The van der Waals surface area contributed by atoms with Gasteiger partial charge in [0.2, 0.25) is 0 Å². The molecule has 0 amide bonds. The number of nitrogens with zero attached hydrogens (tertiary/aromatic N) is 4. The van der Waals surface area contributed by atoms with Crippen molar-refractivity contribution in [2.75, 3.05) is 6.26 Å². The van der Waals surface area contributed by atoms with Crippen molar-refractivity contribution in [1.29, 1.82) is 0 Å². The molecule has 0 bridgehead atoms. The number of aromatic nitrogens is 4. The van der Waals surface area contributed by atoms with E-state index in [1.54, 1.807) is 0 Å². The van der Waals surface area contributed by atoms with Crippen molar-refractivity contribution >= 4 is 16.0 Å². The lowest BCUT2D eigenvalue weighted by Crippen LogP contribution is -2.19. The Morgan fingerprint density at radius 1 is 1.38 bits per heavy atom. The van der Waals surface area contributed by atoms with Crippen LogP contribution in [0.3, 0.4) is 0 Å². The van der Waals surface area contributed by atoms with E-state index in [1.165, 1.54) is 7.05 Å². The third-order valence-corrected chi connectivity index (χ3v) is 1.81. The standard InChI is InChI=1S/C5H8N4O3S/c1-8-5(10)9(7-6-8)3-4-13(2,11)12/h3-4H,1-2H3/b4-3+.